The second-order valence-corrected chi connectivity index (χ2v) is 4.12. The Kier molecular flexibility index (Phi) is 1.61. The Morgan fingerprint density at radius 1 is 1.18 bits per heavy atom. The van der Waals surface area contributed by atoms with Crippen LogP contribution in [-0.2, 0) is 6.42 Å². The van der Waals surface area contributed by atoms with Crippen molar-refractivity contribution in [1.82, 2.24) is 9.38 Å². The fourth-order valence-electron chi connectivity index (χ4n) is 2.31. The molecule has 82 valence electrons. The number of oxazole rings is 1. The van der Waals surface area contributed by atoms with Crippen LogP contribution in [0.3, 0.4) is 0 Å². The van der Waals surface area contributed by atoms with E-state index in [-0.39, 0.29) is 0 Å². The van der Waals surface area contributed by atoms with Crippen molar-refractivity contribution in [1.29, 1.82) is 0 Å². The van der Waals surface area contributed by atoms with Gasteiger partial charge in [0.1, 0.15) is 0 Å². The van der Waals surface area contributed by atoms with Gasteiger partial charge in [-0.25, -0.2) is 0 Å². The first kappa shape index (κ1) is 8.82. The maximum Gasteiger partial charge on any atom is 0.307 e. The highest BCUT2D eigenvalue weighted by molar-refractivity contribution is 5.78. The van der Waals surface area contributed by atoms with Crippen LogP contribution in [0.2, 0.25) is 0 Å². The van der Waals surface area contributed by atoms with Gasteiger partial charge in [0.2, 0.25) is 0 Å². The first-order valence-electron chi connectivity index (χ1n) is 5.65. The molecule has 3 aromatic rings. The maximum absolute atomic E-state index is 5.74. The summed E-state index contributed by atoms with van der Waals surface area (Å²) in [6.07, 6.45) is 9.14. The summed E-state index contributed by atoms with van der Waals surface area (Å²) in [6.45, 7) is 0. The van der Waals surface area contributed by atoms with E-state index in [4.69, 9.17) is 4.42 Å². The van der Waals surface area contributed by atoms with Crippen LogP contribution in [0, 0.1) is 0 Å². The average Bonchev–Trinajstić information content (AvgIpc) is 2.77. The number of para-hydroxylation sites is 2. The number of imidazole rings is 1. The maximum atomic E-state index is 5.74. The second kappa shape index (κ2) is 3.10. The van der Waals surface area contributed by atoms with Gasteiger partial charge in [0, 0.05) is 6.42 Å². The minimum absolute atomic E-state index is 0.677. The van der Waals surface area contributed by atoms with E-state index in [1.807, 2.05) is 24.3 Å². The topological polar surface area (TPSA) is 30.4 Å². The van der Waals surface area contributed by atoms with E-state index < -0.39 is 0 Å². The Balaban J connectivity index is 2.19. The first-order valence-corrected chi connectivity index (χ1v) is 5.65. The molecule has 17 heavy (non-hydrogen) atoms. The van der Waals surface area contributed by atoms with Crippen molar-refractivity contribution in [3.05, 3.63) is 53.9 Å². The fraction of sp³-hybridized carbons (Fsp3) is 0.0714. The van der Waals surface area contributed by atoms with E-state index in [9.17, 15) is 0 Å². The van der Waals surface area contributed by atoms with Crippen molar-refractivity contribution < 1.29 is 4.42 Å². The quantitative estimate of drug-likeness (QED) is 0.584. The summed E-state index contributed by atoms with van der Waals surface area (Å²) >= 11 is 0. The highest BCUT2D eigenvalue weighted by Gasteiger charge is 2.15. The minimum atomic E-state index is 0.677. The van der Waals surface area contributed by atoms with Gasteiger partial charge in [0.25, 0.3) is 0 Å². The molecule has 0 unspecified atom stereocenters. The number of nitrogens with zero attached hydrogens (tertiary/aromatic N) is 2. The van der Waals surface area contributed by atoms with Crippen molar-refractivity contribution >= 4 is 23.0 Å². The molecule has 0 amide bonds. The largest absolute Gasteiger partial charge is 0.423 e. The van der Waals surface area contributed by atoms with E-state index in [0.717, 1.165) is 28.9 Å². The molecular weight excluding hydrogens is 212 g/mol. The smallest absolute Gasteiger partial charge is 0.307 e. The summed E-state index contributed by atoms with van der Waals surface area (Å²) in [5.74, 6) is 0.677. The van der Waals surface area contributed by atoms with Gasteiger partial charge in [-0.05, 0) is 18.2 Å². The van der Waals surface area contributed by atoms with Crippen molar-refractivity contribution in [2.24, 2.45) is 0 Å². The monoisotopic (exact) mass is 222 g/mol. The van der Waals surface area contributed by atoms with Crippen LogP contribution in [0.1, 0.15) is 11.4 Å². The minimum Gasteiger partial charge on any atom is -0.423 e. The molecule has 0 radical (unpaired) electrons. The van der Waals surface area contributed by atoms with Gasteiger partial charge in [0.05, 0.1) is 16.9 Å². The Labute approximate surface area is 97.7 Å². The summed E-state index contributed by atoms with van der Waals surface area (Å²) in [6, 6.07) is 8.01. The molecule has 1 aliphatic carbocycles. The van der Waals surface area contributed by atoms with Gasteiger partial charge < -0.3 is 4.42 Å². The number of allylic oxidation sites excluding steroid dienone is 3. The third-order valence-electron chi connectivity index (χ3n) is 3.08. The number of hydrogen-bond acceptors (Lipinski definition) is 2. The van der Waals surface area contributed by atoms with Gasteiger partial charge in [-0.15, -0.1) is 0 Å². The van der Waals surface area contributed by atoms with E-state index in [0.29, 0.717) is 5.84 Å². The Morgan fingerprint density at radius 3 is 3.12 bits per heavy atom. The van der Waals surface area contributed by atoms with Crippen LogP contribution < -0.4 is 0 Å². The molecule has 0 N–H and O–H groups in total. The van der Waals surface area contributed by atoms with E-state index in [1.165, 1.54) is 0 Å². The molecule has 3 heteroatoms. The summed E-state index contributed by atoms with van der Waals surface area (Å²) in [5.41, 5.74) is 4.14. The molecule has 2 aromatic heterocycles. The van der Waals surface area contributed by atoms with E-state index in [2.05, 4.69) is 33.7 Å². The molecule has 2 heterocycles. The zero-order valence-corrected chi connectivity index (χ0v) is 9.13. The molecule has 3 nitrogen and oxygen atoms in total. The molecule has 0 aliphatic heterocycles. The number of benzene rings is 1. The van der Waals surface area contributed by atoms with Crippen molar-refractivity contribution in [3.63, 3.8) is 0 Å². The molecular formula is C14H10N2O. The highest BCUT2D eigenvalue weighted by Crippen LogP contribution is 2.25. The van der Waals surface area contributed by atoms with Crippen LogP contribution in [-0.4, -0.2) is 9.38 Å². The zero-order valence-electron chi connectivity index (χ0n) is 9.13. The Bertz CT molecular complexity index is 774. The summed E-state index contributed by atoms with van der Waals surface area (Å²) in [4.78, 5) is 4.54. The molecule has 0 atom stereocenters. The van der Waals surface area contributed by atoms with Gasteiger partial charge in [-0.1, -0.05) is 30.4 Å². The van der Waals surface area contributed by atoms with Crippen molar-refractivity contribution in [2.45, 2.75) is 6.42 Å². The zero-order chi connectivity index (χ0) is 11.2. The third-order valence-corrected chi connectivity index (χ3v) is 3.08. The van der Waals surface area contributed by atoms with Crippen LogP contribution in [0.5, 0.6) is 0 Å². The van der Waals surface area contributed by atoms with Crippen LogP contribution in [0.15, 0.2) is 46.9 Å². The van der Waals surface area contributed by atoms with Crippen LogP contribution in [0.25, 0.3) is 23.0 Å². The second-order valence-electron chi connectivity index (χ2n) is 4.12. The standard InChI is InChI=1S/C14H10N2O/c1-2-6-10-11(7-3-1)16-12-8-4-5-9-13(12)17-14(16)15-10/h1-5,7-9H,6H2. The molecule has 0 bridgehead atoms. The SMILES string of the molecule is C1=CCc2nc3oc4ccccc4n3c2C=C1. The van der Waals surface area contributed by atoms with E-state index >= 15 is 0 Å². The molecule has 1 aliphatic rings. The van der Waals surface area contributed by atoms with Gasteiger partial charge in [0.15, 0.2) is 5.58 Å². The predicted molar refractivity (Wildman–Crippen MR) is 66.8 cm³/mol. The first-order chi connectivity index (χ1) is 8.43. The number of hydrogen-bond donors (Lipinski definition) is 0. The van der Waals surface area contributed by atoms with Gasteiger partial charge >= 0.3 is 5.84 Å². The highest BCUT2D eigenvalue weighted by atomic mass is 16.4. The number of fused-ring (bicyclic) bond motifs is 5. The Morgan fingerprint density at radius 2 is 2.12 bits per heavy atom. The fourth-order valence-corrected chi connectivity index (χ4v) is 2.31. The van der Waals surface area contributed by atoms with E-state index in [1.54, 1.807) is 0 Å². The molecule has 1 aromatic carbocycles. The average molecular weight is 222 g/mol. The molecule has 0 fully saturated rings. The lowest BCUT2D eigenvalue weighted by molar-refractivity contribution is 0.640. The predicted octanol–water partition coefficient (Wildman–Crippen LogP) is 3.21. The lowest BCUT2D eigenvalue weighted by Crippen LogP contribution is -1.87. The van der Waals surface area contributed by atoms with Gasteiger partial charge in [-0.2, -0.15) is 4.98 Å². The van der Waals surface area contributed by atoms with Gasteiger partial charge in [-0.3, -0.25) is 4.40 Å². The summed E-state index contributed by atoms with van der Waals surface area (Å²) in [7, 11) is 0. The number of rotatable bonds is 0. The summed E-state index contributed by atoms with van der Waals surface area (Å²) < 4.78 is 7.82. The van der Waals surface area contributed by atoms with Crippen molar-refractivity contribution in [2.75, 3.05) is 0 Å². The van der Waals surface area contributed by atoms with Crippen LogP contribution in [0.4, 0.5) is 0 Å². The molecule has 0 saturated carbocycles. The molecule has 0 saturated heterocycles. The van der Waals surface area contributed by atoms with Crippen molar-refractivity contribution in [3.8, 4) is 0 Å². The summed E-state index contributed by atoms with van der Waals surface area (Å²) in [5, 5.41) is 0. The number of aromatic nitrogens is 2. The molecule has 4 rings (SSSR count). The third kappa shape index (κ3) is 1.13. The lowest BCUT2D eigenvalue weighted by Gasteiger charge is -1.94. The van der Waals surface area contributed by atoms with Crippen LogP contribution >= 0.6 is 0 Å². The molecule has 0 spiro atoms. The normalized spacial score (nSPS) is 14.4. The Hall–Kier alpha value is -2.29. The lowest BCUT2D eigenvalue weighted by atomic mass is 10.2.